The standard InChI is InChI=1S/C26H51N3O6/c1-12-25(4,22(31)34-17-14-28(8)9)20-26(5,23(32)35-18-15-29(10)11)19-24(2,3)21(30)33-16-13-27(6)7/h12-20H2,1-11H3. The number of nitrogens with zero attached hydrogens (tertiary/aromatic N) is 3. The highest BCUT2D eigenvalue weighted by Crippen LogP contribution is 2.45. The molecule has 0 amide bonds. The van der Waals surface area contributed by atoms with Gasteiger partial charge in [-0.3, -0.25) is 14.4 Å². The van der Waals surface area contributed by atoms with E-state index in [1.165, 1.54) is 0 Å². The molecule has 0 aliphatic rings. The third kappa shape index (κ3) is 12.2. The molecule has 0 aromatic rings. The van der Waals surface area contributed by atoms with Gasteiger partial charge in [-0.1, -0.05) is 6.92 Å². The Hall–Kier alpha value is -1.71. The van der Waals surface area contributed by atoms with Gasteiger partial charge >= 0.3 is 17.9 Å². The van der Waals surface area contributed by atoms with Crippen molar-refractivity contribution in [2.45, 2.75) is 53.9 Å². The molecular formula is C26H51N3O6. The van der Waals surface area contributed by atoms with Crippen molar-refractivity contribution in [2.75, 3.05) is 81.7 Å². The fourth-order valence-electron chi connectivity index (χ4n) is 3.96. The van der Waals surface area contributed by atoms with Crippen LogP contribution in [0.25, 0.3) is 0 Å². The molecule has 0 heterocycles. The van der Waals surface area contributed by atoms with Crippen molar-refractivity contribution < 1.29 is 28.6 Å². The van der Waals surface area contributed by atoms with Crippen molar-refractivity contribution in [2.24, 2.45) is 16.2 Å². The second-order valence-electron chi connectivity index (χ2n) is 11.5. The van der Waals surface area contributed by atoms with Crippen LogP contribution in [-0.2, 0) is 28.6 Å². The molecule has 0 aromatic carbocycles. The average molecular weight is 502 g/mol. The van der Waals surface area contributed by atoms with Gasteiger partial charge in [0.15, 0.2) is 0 Å². The number of carbonyl (C=O) groups excluding carboxylic acids is 3. The Morgan fingerprint density at radius 1 is 0.571 bits per heavy atom. The highest BCUT2D eigenvalue weighted by Gasteiger charge is 2.49. The van der Waals surface area contributed by atoms with Gasteiger partial charge in [0.2, 0.25) is 0 Å². The maximum absolute atomic E-state index is 13.4. The van der Waals surface area contributed by atoms with Gasteiger partial charge in [-0.25, -0.2) is 0 Å². The van der Waals surface area contributed by atoms with Gasteiger partial charge in [0.05, 0.1) is 16.2 Å². The van der Waals surface area contributed by atoms with Gasteiger partial charge in [-0.2, -0.15) is 0 Å². The summed E-state index contributed by atoms with van der Waals surface area (Å²) in [5.74, 6) is -1.15. The van der Waals surface area contributed by atoms with E-state index in [9.17, 15) is 14.4 Å². The molecule has 0 N–H and O–H groups in total. The summed E-state index contributed by atoms with van der Waals surface area (Å²) >= 11 is 0. The van der Waals surface area contributed by atoms with Crippen LogP contribution in [0.15, 0.2) is 0 Å². The Kier molecular flexibility index (Phi) is 14.0. The Bertz CT molecular complexity index is 680. The summed E-state index contributed by atoms with van der Waals surface area (Å²) in [7, 11) is 11.4. The zero-order valence-corrected chi connectivity index (χ0v) is 24.2. The number of esters is 3. The van der Waals surface area contributed by atoms with Crippen LogP contribution in [0, 0.1) is 16.2 Å². The molecule has 0 bridgehead atoms. The van der Waals surface area contributed by atoms with Gasteiger partial charge in [-0.05, 0) is 89.2 Å². The monoisotopic (exact) mass is 501 g/mol. The number of ether oxygens (including phenoxy) is 3. The van der Waals surface area contributed by atoms with Crippen LogP contribution in [0.4, 0.5) is 0 Å². The molecule has 0 rings (SSSR count). The Morgan fingerprint density at radius 3 is 1.26 bits per heavy atom. The Labute approximate surface area is 213 Å². The zero-order valence-electron chi connectivity index (χ0n) is 24.2. The van der Waals surface area contributed by atoms with Crippen LogP contribution in [0.1, 0.15) is 53.9 Å². The number of rotatable bonds is 17. The quantitative estimate of drug-likeness (QED) is 0.220. The zero-order chi connectivity index (χ0) is 27.4. The van der Waals surface area contributed by atoms with E-state index in [0.29, 0.717) is 26.1 Å². The van der Waals surface area contributed by atoms with Crippen molar-refractivity contribution in [3.05, 3.63) is 0 Å². The second kappa shape index (κ2) is 14.8. The van der Waals surface area contributed by atoms with Crippen LogP contribution >= 0.6 is 0 Å². The highest BCUT2D eigenvalue weighted by molar-refractivity contribution is 5.82. The molecule has 35 heavy (non-hydrogen) atoms. The predicted molar refractivity (Wildman–Crippen MR) is 138 cm³/mol. The number of likely N-dealkylation sites (N-methyl/N-ethyl adjacent to an activating group) is 3. The first kappa shape index (κ1) is 33.3. The minimum absolute atomic E-state index is 0.183. The molecule has 0 spiro atoms. The first-order chi connectivity index (χ1) is 16.0. The van der Waals surface area contributed by atoms with Crippen LogP contribution < -0.4 is 0 Å². The van der Waals surface area contributed by atoms with E-state index in [1.807, 2.05) is 70.8 Å². The minimum atomic E-state index is -1.10. The maximum Gasteiger partial charge on any atom is 0.311 e. The predicted octanol–water partition coefficient (Wildman–Crippen LogP) is 2.53. The number of hydrogen-bond acceptors (Lipinski definition) is 9. The molecule has 9 heteroatoms. The van der Waals surface area contributed by atoms with E-state index in [1.54, 1.807) is 20.8 Å². The minimum Gasteiger partial charge on any atom is -0.464 e. The third-order valence-corrected chi connectivity index (χ3v) is 6.25. The van der Waals surface area contributed by atoms with Crippen molar-refractivity contribution in [3.8, 4) is 0 Å². The first-order valence-corrected chi connectivity index (χ1v) is 12.4. The maximum atomic E-state index is 13.4. The van der Waals surface area contributed by atoms with Gasteiger partial charge in [0.1, 0.15) is 19.8 Å². The van der Waals surface area contributed by atoms with E-state index in [4.69, 9.17) is 14.2 Å². The topological polar surface area (TPSA) is 88.6 Å². The van der Waals surface area contributed by atoms with E-state index in [-0.39, 0.29) is 44.6 Å². The summed E-state index contributed by atoms with van der Waals surface area (Å²) < 4.78 is 16.7. The van der Waals surface area contributed by atoms with E-state index in [2.05, 4.69) is 0 Å². The SMILES string of the molecule is CCC(C)(CC(C)(CC(C)(C)C(=O)OCCN(C)C)C(=O)OCCN(C)C)C(=O)OCCN(C)C. The van der Waals surface area contributed by atoms with E-state index < -0.39 is 22.2 Å². The van der Waals surface area contributed by atoms with Gasteiger partial charge in [-0.15, -0.1) is 0 Å². The third-order valence-electron chi connectivity index (χ3n) is 6.25. The van der Waals surface area contributed by atoms with Crippen LogP contribution in [0.3, 0.4) is 0 Å². The van der Waals surface area contributed by atoms with E-state index in [0.717, 1.165) is 0 Å². The lowest BCUT2D eigenvalue weighted by Crippen LogP contribution is -2.45. The largest absolute Gasteiger partial charge is 0.464 e. The fraction of sp³-hybridized carbons (Fsp3) is 0.885. The van der Waals surface area contributed by atoms with E-state index >= 15 is 0 Å². The molecule has 0 aromatic heterocycles. The smallest absolute Gasteiger partial charge is 0.311 e. The summed E-state index contributed by atoms with van der Waals surface area (Å²) in [5.41, 5.74) is -2.96. The Balaban J connectivity index is 5.79. The summed E-state index contributed by atoms with van der Waals surface area (Å²) in [6.45, 7) is 11.6. The molecule has 2 unspecified atom stereocenters. The first-order valence-electron chi connectivity index (χ1n) is 12.4. The molecule has 0 saturated heterocycles. The summed E-state index contributed by atoms with van der Waals surface area (Å²) in [5, 5.41) is 0. The summed E-state index contributed by atoms with van der Waals surface area (Å²) in [4.78, 5) is 45.2. The molecular weight excluding hydrogens is 450 g/mol. The Morgan fingerprint density at radius 2 is 0.914 bits per heavy atom. The highest BCUT2D eigenvalue weighted by atomic mass is 16.5. The lowest BCUT2D eigenvalue weighted by Gasteiger charge is -2.39. The normalized spacial score (nSPS) is 15.6. The fourth-order valence-corrected chi connectivity index (χ4v) is 3.96. The van der Waals surface area contributed by atoms with Crippen LogP contribution in [0.5, 0.6) is 0 Å². The molecule has 0 fully saturated rings. The molecule has 9 nitrogen and oxygen atoms in total. The van der Waals surface area contributed by atoms with Crippen molar-refractivity contribution >= 4 is 17.9 Å². The van der Waals surface area contributed by atoms with Crippen LogP contribution in [0.2, 0.25) is 0 Å². The van der Waals surface area contributed by atoms with Gasteiger partial charge in [0.25, 0.3) is 0 Å². The van der Waals surface area contributed by atoms with Gasteiger partial charge < -0.3 is 28.9 Å². The molecule has 0 radical (unpaired) electrons. The molecule has 2 atom stereocenters. The molecule has 206 valence electrons. The average Bonchev–Trinajstić information content (AvgIpc) is 2.71. The molecule has 0 aliphatic heterocycles. The number of hydrogen-bond donors (Lipinski definition) is 0. The van der Waals surface area contributed by atoms with Crippen molar-refractivity contribution in [1.29, 1.82) is 0 Å². The lowest BCUT2D eigenvalue weighted by atomic mass is 9.65. The number of carbonyl (C=O) groups is 3. The van der Waals surface area contributed by atoms with Crippen molar-refractivity contribution in [3.63, 3.8) is 0 Å². The lowest BCUT2D eigenvalue weighted by molar-refractivity contribution is -0.169. The van der Waals surface area contributed by atoms with Crippen molar-refractivity contribution in [1.82, 2.24) is 14.7 Å². The van der Waals surface area contributed by atoms with Gasteiger partial charge in [0, 0.05) is 19.6 Å². The summed E-state index contributed by atoms with van der Waals surface area (Å²) in [6, 6.07) is 0. The molecule has 0 saturated carbocycles. The molecule has 0 aliphatic carbocycles. The second-order valence-corrected chi connectivity index (χ2v) is 11.5. The van der Waals surface area contributed by atoms with Crippen LogP contribution in [-0.4, -0.2) is 114 Å². The summed E-state index contributed by atoms with van der Waals surface area (Å²) in [6.07, 6.45) is 0.872.